The number of phenols is 1. The molecule has 0 radical (unpaired) electrons. The van der Waals surface area contributed by atoms with Crippen molar-refractivity contribution in [2.75, 3.05) is 13.1 Å². The van der Waals surface area contributed by atoms with E-state index in [1.54, 1.807) is 12.1 Å². The molecule has 0 amide bonds. The first-order valence-corrected chi connectivity index (χ1v) is 4.95. The van der Waals surface area contributed by atoms with Gasteiger partial charge in [0.05, 0.1) is 6.10 Å². The van der Waals surface area contributed by atoms with E-state index in [-0.39, 0.29) is 17.8 Å². The number of phenolic OH excluding ortho intramolecular Hbond substituents is 1. The summed E-state index contributed by atoms with van der Waals surface area (Å²) in [5, 5.41) is 22.1. The molecule has 1 aliphatic rings. The normalized spacial score (nSPS) is 27.5. The zero-order valence-corrected chi connectivity index (χ0v) is 7.98. The van der Waals surface area contributed by atoms with E-state index in [1.165, 1.54) is 0 Å². The van der Waals surface area contributed by atoms with Gasteiger partial charge in [0, 0.05) is 12.5 Å². The van der Waals surface area contributed by atoms with Crippen molar-refractivity contribution in [3.05, 3.63) is 29.8 Å². The van der Waals surface area contributed by atoms with E-state index in [0.29, 0.717) is 6.54 Å². The van der Waals surface area contributed by atoms with Crippen molar-refractivity contribution in [1.29, 1.82) is 0 Å². The lowest BCUT2D eigenvalue weighted by atomic mass is 9.88. The van der Waals surface area contributed by atoms with E-state index in [4.69, 9.17) is 5.11 Å². The summed E-state index contributed by atoms with van der Waals surface area (Å²) in [6, 6.07) is 7.11. The topological polar surface area (TPSA) is 52.5 Å². The van der Waals surface area contributed by atoms with Crippen LogP contribution >= 0.6 is 0 Å². The van der Waals surface area contributed by atoms with Gasteiger partial charge in [-0.25, -0.2) is 0 Å². The summed E-state index contributed by atoms with van der Waals surface area (Å²) in [7, 11) is 0. The highest BCUT2D eigenvalue weighted by Gasteiger charge is 2.23. The van der Waals surface area contributed by atoms with Gasteiger partial charge in [-0.15, -0.1) is 0 Å². The molecule has 1 aromatic rings. The van der Waals surface area contributed by atoms with Crippen LogP contribution < -0.4 is 5.32 Å². The fraction of sp³-hybridized carbons (Fsp3) is 0.455. The highest BCUT2D eigenvalue weighted by atomic mass is 16.3. The van der Waals surface area contributed by atoms with Gasteiger partial charge in [0.15, 0.2) is 0 Å². The highest BCUT2D eigenvalue weighted by Crippen LogP contribution is 2.26. The molecule has 1 fully saturated rings. The number of β-amino-alcohol motifs (C(OH)–C–C–N with tert-alkyl or cyclic N) is 1. The number of nitrogens with one attached hydrogen (secondary N) is 1. The Morgan fingerprint density at radius 3 is 2.57 bits per heavy atom. The zero-order chi connectivity index (χ0) is 9.97. The molecule has 1 saturated heterocycles. The molecule has 2 atom stereocenters. The van der Waals surface area contributed by atoms with Gasteiger partial charge in [-0.1, -0.05) is 12.1 Å². The molecule has 0 bridgehead atoms. The molecule has 1 aliphatic heterocycles. The minimum Gasteiger partial charge on any atom is -0.508 e. The third-order valence-corrected chi connectivity index (χ3v) is 2.77. The molecule has 0 unspecified atom stereocenters. The predicted molar refractivity (Wildman–Crippen MR) is 54.3 cm³/mol. The second kappa shape index (κ2) is 3.98. The SMILES string of the molecule is Oc1ccc([C@H]2CCNC[C@@H]2O)cc1. The first kappa shape index (κ1) is 9.49. The van der Waals surface area contributed by atoms with E-state index in [0.717, 1.165) is 18.5 Å². The second-order valence-corrected chi connectivity index (χ2v) is 3.76. The molecular formula is C11H15NO2. The van der Waals surface area contributed by atoms with Crippen molar-refractivity contribution in [2.24, 2.45) is 0 Å². The molecule has 1 heterocycles. The van der Waals surface area contributed by atoms with E-state index in [9.17, 15) is 5.11 Å². The zero-order valence-electron chi connectivity index (χ0n) is 7.98. The van der Waals surface area contributed by atoms with Crippen LogP contribution in [0.2, 0.25) is 0 Å². The maximum absolute atomic E-state index is 9.77. The molecule has 76 valence electrons. The maximum atomic E-state index is 9.77. The molecule has 3 N–H and O–H groups in total. The minimum atomic E-state index is -0.312. The summed E-state index contributed by atoms with van der Waals surface area (Å²) >= 11 is 0. The van der Waals surface area contributed by atoms with Crippen LogP contribution in [0.4, 0.5) is 0 Å². The van der Waals surface area contributed by atoms with Crippen LogP contribution in [0.3, 0.4) is 0 Å². The van der Waals surface area contributed by atoms with Gasteiger partial charge in [-0.3, -0.25) is 0 Å². The summed E-state index contributed by atoms with van der Waals surface area (Å²) < 4.78 is 0. The lowest BCUT2D eigenvalue weighted by Gasteiger charge is -2.28. The van der Waals surface area contributed by atoms with Crippen LogP contribution in [0.5, 0.6) is 5.75 Å². The molecule has 3 nitrogen and oxygen atoms in total. The van der Waals surface area contributed by atoms with Crippen molar-refractivity contribution < 1.29 is 10.2 Å². The van der Waals surface area contributed by atoms with Crippen LogP contribution in [0.25, 0.3) is 0 Å². The highest BCUT2D eigenvalue weighted by molar-refractivity contribution is 5.29. The van der Waals surface area contributed by atoms with Gasteiger partial charge in [0.1, 0.15) is 5.75 Å². The van der Waals surface area contributed by atoms with Gasteiger partial charge < -0.3 is 15.5 Å². The first-order chi connectivity index (χ1) is 6.77. The van der Waals surface area contributed by atoms with Gasteiger partial charge >= 0.3 is 0 Å². The number of piperidine rings is 1. The number of aromatic hydroxyl groups is 1. The number of hydrogen-bond acceptors (Lipinski definition) is 3. The van der Waals surface area contributed by atoms with Crippen molar-refractivity contribution in [3.63, 3.8) is 0 Å². The first-order valence-electron chi connectivity index (χ1n) is 4.95. The Kier molecular flexibility index (Phi) is 2.70. The van der Waals surface area contributed by atoms with E-state index in [2.05, 4.69) is 5.32 Å². The molecule has 0 aromatic heterocycles. The molecule has 0 aliphatic carbocycles. The Bertz CT molecular complexity index is 297. The average Bonchev–Trinajstić information content (AvgIpc) is 2.20. The van der Waals surface area contributed by atoms with E-state index < -0.39 is 0 Å². The molecule has 0 spiro atoms. The van der Waals surface area contributed by atoms with Crippen LogP contribution in [-0.2, 0) is 0 Å². The number of benzene rings is 1. The summed E-state index contributed by atoms with van der Waals surface area (Å²) in [4.78, 5) is 0. The lowest BCUT2D eigenvalue weighted by molar-refractivity contribution is 0.118. The number of rotatable bonds is 1. The molecule has 2 rings (SSSR count). The third kappa shape index (κ3) is 1.89. The van der Waals surface area contributed by atoms with Crippen molar-refractivity contribution in [3.8, 4) is 5.75 Å². The summed E-state index contributed by atoms with van der Waals surface area (Å²) in [5.74, 6) is 0.481. The summed E-state index contributed by atoms with van der Waals surface area (Å²) in [6.45, 7) is 1.61. The monoisotopic (exact) mass is 193 g/mol. The standard InChI is InChI=1S/C11H15NO2/c13-9-3-1-8(2-4-9)10-5-6-12-7-11(10)14/h1-4,10-14H,5-7H2/t10-,11+/m1/s1. The average molecular weight is 193 g/mol. The Morgan fingerprint density at radius 1 is 1.21 bits per heavy atom. The van der Waals surface area contributed by atoms with Crippen LogP contribution in [0.15, 0.2) is 24.3 Å². The van der Waals surface area contributed by atoms with Gasteiger partial charge in [-0.05, 0) is 30.7 Å². The number of aliphatic hydroxyl groups excluding tert-OH is 1. The molecule has 14 heavy (non-hydrogen) atoms. The fourth-order valence-electron chi connectivity index (χ4n) is 1.95. The maximum Gasteiger partial charge on any atom is 0.115 e. The van der Waals surface area contributed by atoms with E-state index in [1.807, 2.05) is 12.1 Å². The second-order valence-electron chi connectivity index (χ2n) is 3.76. The predicted octanol–water partition coefficient (Wildman–Crippen LogP) is 0.830. The quantitative estimate of drug-likeness (QED) is 0.619. The van der Waals surface area contributed by atoms with Gasteiger partial charge in [0.2, 0.25) is 0 Å². The third-order valence-electron chi connectivity index (χ3n) is 2.77. The minimum absolute atomic E-state index is 0.205. The van der Waals surface area contributed by atoms with Crippen LogP contribution in [0.1, 0.15) is 17.9 Å². The van der Waals surface area contributed by atoms with E-state index >= 15 is 0 Å². The smallest absolute Gasteiger partial charge is 0.115 e. The van der Waals surface area contributed by atoms with Crippen molar-refractivity contribution in [2.45, 2.75) is 18.4 Å². The van der Waals surface area contributed by atoms with Crippen molar-refractivity contribution >= 4 is 0 Å². The Balaban J connectivity index is 2.16. The summed E-state index contributed by atoms with van der Waals surface area (Å²) in [6.07, 6.45) is 0.639. The number of hydrogen-bond donors (Lipinski definition) is 3. The Labute approximate surface area is 83.4 Å². The lowest BCUT2D eigenvalue weighted by Crippen LogP contribution is -2.39. The van der Waals surface area contributed by atoms with Gasteiger partial charge in [-0.2, -0.15) is 0 Å². The fourth-order valence-corrected chi connectivity index (χ4v) is 1.95. The largest absolute Gasteiger partial charge is 0.508 e. The molecule has 1 aromatic carbocycles. The van der Waals surface area contributed by atoms with Crippen LogP contribution in [-0.4, -0.2) is 29.4 Å². The molecule has 0 saturated carbocycles. The van der Waals surface area contributed by atoms with Gasteiger partial charge in [0.25, 0.3) is 0 Å². The molecule has 3 heteroatoms. The number of aliphatic hydroxyl groups is 1. The Morgan fingerprint density at radius 2 is 1.93 bits per heavy atom. The van der Waals surface area contributed by atoms with Crippen molar-refractivity contribution in [1.82, 2.24) is 5.32 Å². The van der Waals surface area contributed by atoms with Crippen LogP contribution in [0, 0.1) is 0 Å². The molecular weight excluding hydrogens is 178 g/mol. The Hall–Kier alpha value is -1.06. The summed E-state index contributed by atoms with van der Waals surface area (Å²) in [5.41, 5.74) is 1.11.